The summed E-state index contributed by atoms with van der Waals surface area (Å²) < 4.78 is 24.1. The number of nitrogens with one attached hydrogen (secondary N) is 1. The third-order valence-corrected chi connectivity index (χ3v) is 16.0. The van der Waals surface area contributed by atoms with Crippen LogP contribution in [0.1, 0.15) is 81.9 Å². The smallest absolute Gasteiger partial charge is 0.344 e. The molecule has 7 aliphatic rings. The van der Waals surface area contributed by atoms with Crippen LogP contribution < -0.4 is 15.0 Å². The molecule has 4 fully saturated rings. The second-order valence-corrected chi connectivity index (χ2v) is 18.4. The number of esters is 3. The van der Waals surface area contributed by atoms with Gasteiger partial charge in [0.15, 0.2) is 6.10 Å². The second kappa shape index (κ2) is 14.0. The molecule has 12 atom stereocenters. The molecule has 2 aromatic rings. The lowest BCUT2D eigenvalue weighted by Gasteiger charge is -2.63. The minimum Gasteiger partial charge on any atom is -0.496 e. The van der Waals surface area contributed by atoms with Crippen molar-refractivity contribution >= 4 is 29.3 Å². The van der Waals surface area contributed by atoms with Gasteiger partial charge in [0.05, 0.1) is 33.4 Å². The Bertz CT molecular complexity index is 2040. The molecule has 6 heterocycles. The number of hydrogen-bond acceptors (Lipinski definition) is 12. The van der Waals surface area contributed by atoms with Gasteiger partial charge >= 0.3 is 17.9 Å². The molecule has 12 nitrogen and oxygen atoms in total. The number of benzene rings is 2. The highest BCUT2D eigenvalue weighted by Crippen LogP contribution is 2.68. The number of carbonyl (C=O) groups is 3. The molecule has 1 spiro atoms. The van der Waals surface area contributed by atoms with E-state index < -0.39 is 45.9 Å². The molecule has 0 amide bonds. The van der Waals surface area contributed by atoms with Crippen LogP contribution in [0.5, 0.6) is 5.75 Å². The van der Waals surface area contributed by atoms with E-state index >= 15 is 4.79 Å². The predicted octanol–water partition coefficient (Wildman–Crippen LogP) is 4.77. The van der Waals surface area contributed by atoms with Crippen LogP contribution >= 0.6 is 0 Å². The number of hydrogen-bond donors (Lipinski definition) is 2. The Kier molecular flexibility index (Phi) is 9.48. The van der Waals surface area contributed by atoms with Crippen LogP contribution in [0.2, 0.25) is 0 Å². The molecule has 0 radical (unpaired) electrons. The average molecular weight is 797 g/mol. The van der Waals surface area contributed by atoms with Crippen LogP contribution in [0.3, 0.4) is 0 Å². The molecule has 1 aliphatic carbocycles. The molecular weight excluding hydrogens is 737 g/mol. The van der Waals surface area contributed by atoms with Gasteiger partial charge in [-0.15, -0.1) is 0 Å². The van der Waals surface area contributed by atoms with Crippen LogP contribution in [0.25, 0.3) is 0 Å². The van der Waals surface area contributed by atoms with E-state index in [1.54, 1.807) is 7.11 Å². The lowest BCUT2D eigenvalue weighted by molar-refractivity contribution is -0.228. The van der Waals surface area contributed by atoms with Gasteiger partial charge in [-0.1, -0.05) is 50.6 Å². The van der Waals surface area contributed by atoms with Crippen LogP contribution in [-0.4, -0.2) is 124 Å². The standard InChI is InChI=1S/C46H60N4O8/c1-8-28-21-29-24-45(41(52)56-6,37-31(15-19-49(25-28)26-29)30-13-10-11-14-34(30)47-37)33-22-32-35(23-36(33)55-5)48(4)39-44(32)17-20-50-18-12-16-43(9-2,38(44)50)40(58-27(3)51)46(39,54)42(53)57-7/h10-14,16,22-23,28-29,31,37-40,47,54H,8-9,15,17-21,24-26H2,1-7H3/t28-,29+,31-,37?,38+,39-,40-,43-,44-,45+,46+/m1/s1. The molecule has 0 aromatic heterocycles. The van der Waals surface area contributed by atoms with Gasteiger partial charge in [-0.25, -0.2) is 4.79 Å². The Balaban J connectivity index is 1.33. The number of fused-ring (bicyclic) bond motifs is 6. The highest BCUT2D eigenvalue weighted by atomic mass is 16.6. The van der Waals surface area contributed by atoms with Gasteiger partial charge in [-0.2, -0.15) is 0 Å². The number of carbonyl (C=O) groups excluding carboxylic acids is 3. The van der Waals surface area contributed by atoms with E-state index in [4.69, 9.17) is 18.9 Å². The summed E-state index contributed by atoms with van der Waals surface area (Å²) in [5, 5.41) is 17.3. The van der Waals surface area contributed by atoms with E-state index in [0.717, 1.165) is 61.4 Å². The number of piperidine rings is 1. The van der Waals surface area contributed by atoms with Gasteiger partial charge in [0.25, 0.3) is 0 Å². The molecule has 2 bridgehead atoms. The summed E-state index contributed by atoms with van der Waals surface area (Å²) in [4.78, 5) is 49.8. The number of anilines is 2. The zero-order valence-corrected chi connectivity index (χ0v) is 35.1. The zero-order chi connectivity index (χ0) is 40.9. The predicted molar refractivity (Wildman–Crippen MR) is 219 cm³/mol. The van der Waals surface area contributed by atoms with Gasteiger partial charge in [0.1, 0.15) is 11.2 Å². The Morgan fingerprint density at radius 1 is 0.983 bits per heavy atom. The van der Waals surface area contributed by atoms with Crippen LogP contribution in [0.4, 0.5) is 11.4 Å². The third-order valence-electron chi connectivity index (χ3n) is 16.0. The number of para-hydroxylation sites is 1. The Hall–Kier alpha value is -4.13. The van der Waals surface area contributed by atoms with Crippen LogP contribution in [0, 0.1) is 17.3 Å². The quantitative estimate of drug-likeness (QED) is 0.228. The summed E-state index contributed by atoms with van der Waals surface area (Å²) in [5.41, 5.74) is -0.458. The minimum absolute atomic E-state index is 0.0167. The minimum atomic E-state index is -2.26. The third kappa shape index (κ3) is 5.06. The van der Waals surface area contributed by atoms with Crippen LogP contribution in [-0.2, 0) is 39.4 Å². The van der Waals surface area contributed by atoms with Crippen molar-refractivity contribution in [2.24, 2.45) is 17.3 Å². The van der Waals surface area contributed by atoms with Crippen molar-refractivity contribution in [3.8, 4) is 5.75 Å². The molecule has 12 heteroatoms. The monoisotopic (exact) mass is 796 g/mol. The van der Waals surface area contributed by atoms with Crippen molar-refractivity contribution in [3.63, 3.8) is 0 Å². The fraction of sp³-hybridized carbons (Fsp3) is 0.630. The van der Waals surface area contributed by atoms with Gasteiger partial charge in [-0.05, 0) is 80.3 Å². The number of likely N-dealkylation sites (N-methyl/N-ethyl adjacent to an activating group) is 1. The maximum absolute atomic E-state index is 15.3. The Morgan fingerprint density at radius 2 is 1.76 bits per heavy atom. The molecule has 312 valence electrons. The Morgan fingerprint density at radius 3 is 2.47 bits per heavy atom. The summed E-state index contributed by atoms with van der Waals surface area (Å²) in [6.07, 6.45) is 7.59. The molecular formula is C46H60N4O8. The Labute approximate surface area is 342 Å². The second-order valence-electron chi connectivity index (χ2n) is 18.4. The van der Waals surface area contributed by atoms with E-state index in [1.807, 2.05) is 31.0 Å². The molecule has 58 heavy (non-hydrogen) atoms. The van der Waals surface area contributed by atoms with Crippen molar-refractivity contribution in [2.75, 3.05) is 71.3 Å². The van der Waals surface area contributed by atoms with E-state index in [9.17, 15) is 14.7 Å². The highest BCUT2D eigenvalue weighted by molar-refractivity contribution is 5.90. The normalized spacial score (nSPS) is 39.3. The van der Waals surface area contributed by atoms with E-state index in [1.165, 1.54) is 26.7 Å². The lowest BCUT2D eigenvalue weighted by atomic mass is 9.47. The first-order valence-electron chi connectivity index (χ1n) is 21.4. The van der Waals surface area contributed by atoms with Crippen LogP contribution in [0.15, 0.2) is 48.6 Å². The summed E-state index contributed by atoms with van der Waals surface area (Å²) in [5.74, 6) is -0.404. The molecule has 6 aliphatic heterocycles. The number of rotatable bonds is 7. The van der Waals surface area contributed by atoms with Gasteiger partial charge < -0.3 is 39.2 Å². The first-order valence-corrected chi connectivity index (χ1v) is 21.4. The maximum Gasteiger partial charge on any atom is 0.344 e. The summed E-state index contributed by atoms with van der Waals surface area (Å²) >= 11 is 0. The molecule has 1 saturated carbocycles. The largest absolute Gasteiger partial charge is 0.496 e. The first-order chi connectivity index (χ1) is 27.9. The molecule has 2 N–H and O–H groups in total. The van der Waals surface area contributed by atoms with E-state index in [0.29, 0.717) is 44.0 Å². The lowest BCUT2D eigenvalue weighted by Crippen LogP contribution is -2.81. The van der Waals surface area contributed by atoms with Crippen molar-refractivity contribution < 1.29 is 38.4 Å². The molecule has 2 aromatic carbocycles. The fourth-order valence-corrected chi connectivity index (χ4v) is 14.0. The van der Waals surface area contributed by atoms with Crippen molar-refractivity contribution in [1.29, 1.82) is 0 Å². The first kappa shape index (κ1) is 39.3. The maximum atomic E-state index is 15.3. The summed E-state index contributed by atoms with van der Waals surface area (Å²) in [6.45, 7) is 9.93. The topological polar surface area (TPSA) is 130 Å². The van der Waals surface area contributed by atoms with Crippen molar-refractivity contribution in [1.82, 2.24) is 9.80 Å². The number of nitrogens with zero attached hydrogens (tertiary/aromatic N) is 3. The van der Waals surface area contributed by atoms with Gasteiger partial charge in [-0.3, -0.25) is 14.5 Å². The molecule has 2 unspecified atom stereocenters. The van der Waals surface area contributed by atoms with E-state index in [2.05, 4.69) is 58.5 Å². The number of aliphatic hydroxyl groups is 1. The molecule has 9 rings (SSSR count). The highest BCUT2D eigenvalue weighted by Gasteiger charge is 2.80. The number of methoxy groups -OCH3 is 3. The van der Waals surface area contributed by atoms with Crippen molar-refractivity contribution in [2.45, 2.75) is 106 Å². The fourth-order valence-electron chi connectivity index (χ4n) is 14.0. The van der Waals surface area contributed by atoms with Gasteiger partial charge in [0, 0.05) is 79.4 Å². The summed E-state index contributed by atoms with van der Waals surface area (Å²) in [6, 6.07) is 11.2. The zero-order valence-electron chi connectivity index (χ0n) is 35.1. The molecule has 3 saturated heterocycles. The SMILES string of the molecule is CC[C@@H]1C[C@@H]2CN(CC[C@@H]3c4ccccc4NC3[C@@](C(=O)OC)(c3cc4c(cc3OC)N(C)[C@H]3[C@@](O)(C(=O)OC)[C@H](OC(C)=O)[C@]5(CC)C=CCN6CC[C@]43[C@@H]65)C2)C1. The van der Waals surface area contributed by atoms with E-state index in [-0.39, 0.29) is 29.9 Å². The van der Waals surface area contributed by atoms with Crippen molar-refractivity contribution in [3.05, 3.63) is 65.2 Å². The number of ether oxygens (including phenoxy) is 4. The average Bonchev–Trinajstić information content (AvgIpc) is 3.89. The summed E-state index contributed by atoms with van der Waals surface area (Å²) in [7, 11) is 6.34. The van der Waals surface area contributed by atoms with Gasteiger partial charge in [0.2, 0.25) is 5.60 Å².